The molecule has 0 unspecified atom stereocenters. The minimum absolute atomic E-state index is 0.0838. The van der Waals surface area contributed by atoms with E-state index in [1.807, 2.05) is 0 Å². The van der Waals surface area contributed by atoms with E-state index in [1.165, 1.54) is 24.3 Å². The molecule has 0 atom stereocenters. The second-order valence-corrected chi connectivity index (χ2v) is 7.59. The maximum atomic E-state index is 13.4. The van der Waals surface area contributed by atoms with Gasteiger partial charge in [0.1, 0.15) is 5.82 Å². The highest BCUT2D eigenvalue weighted by Gasteiger charge is 2.25. The number of carboxylic acids is 1. The molecule has 0 radical (unpaired) electrons. The van der Waals surface area contributed by atoms with Crippen LogP contribution in [0.4, 0.5) is 4.39 Å². The zero-order valence-corrected chi connectivity index (χ0v) is 16.8. The van der Waals surface area contributed by atoms with E-state index in [1.54, 1.807) is 6.07 Å². The van der Waals surface area contributed by atoms with Crippen molar-refractivity contribution in [3.8, 4) is 11.5 Å². The van der Waals surface area contributed by atoms with Gasteiger partial charge in [0.15, 0.2) is 17.1 Å². The number of aromatic nitrogens is 1. The Morgan fingerprint density at radius 3 is 2.90 bits per heavy atom. The van der Waals surface area contributed by atoms with Gasteiger partial charge in [-0.2, -0.15) is 0 Å². The molecule has 1 N–H and O–H groups in total. The number of carboxylic acid groups (broad SMARTS) is 1. The van der Waals surface area contributed by atoms with Crippen LogP contribution in [0, 0.1) is 5.82 Å². The van der Waals surface area contributed by atoms with Gasteiger partial charge in [0.05, 0.1) is 29.0 Å². The first kappa shape index (κ1) is 17.5. The third kappa shape index (κ3) is 4.80. The van der Waals surface area contributed by atoms with Crippen molar-refractivity contribution in [2.75, 3.05) is 33.3 Å². The van der Waals surface area contributed by atoms with E-state index in [0.717, 1.165) is 49.6 Å². The molecule has 1 fully saturated rings. The number of nitrogens with zero attached hydrogens (tertiary/aromatic N) is 2. The van der Waals surface area contributed by atoms with Crippen molar-refractivity contribution >= 4 is 16.9 Å². The number of fused-ring (bicyclic) bond motifs is 1. The third-order valence-corrected chi connectivity index (χ3v) is 5.61. The molecule has 0 amide bonds. The molecule has 2 aromatic carbocycles. The molecule has 1 aromatic heterocycles. The summed E-state index contributed by atoms with van der Waals surface area (Å²) in [5.41, 5.74) is 1.26. The van der Waals surface area contributed by atoms with E-state index in [-0.39, 0.29) is 28.8 Å². The first-order valence-corrected chi connectivity index (χ1v) is 10.2. The predicted octanol–water partition coefficient (Wildman–Crippen LogP) is 4.32. The van der Waals surface area contributed by atoms with Gasteiger partial charge in [-0.15, -0.1) is 0 Å². The molecule has 0 spiro atoms. The van der Waals surface area contributed by atoms with Gasteiger partial charge in [0, 0.05) is 23.9 Å². The molecule has 0 bridgehead atoms. The lowest BCUT2D eigenvalue weighted by molar-refractivity contribution is 0.0696. The minimum atomic E-state index is -2.72. The van der Waals surface area contributed by atoms with Gasteiger partial charge in [-0.1, -0.05) is 5.16 Å². The summed E-state index contributed by atoms with van der Waals surface area (Å²) in [6.07, 6.45) is 2.52. The van der Waals surface area contributed by atoms with Gasteiger partial charge in [-0.3, -0.25) is 0 Å². The lowest BCUT2D eigenvalue weighted by Crippen LogP contribution is -2.34. The van der Waals surface area contributed by atoms with E-state index in [4.69, 9.17) is 23.2 Å². The molecule has 0 aliphatic carbocycles. The summed E-state index contributed by atoms with van der Waals surface area (Å²) < 4.78 is 51.2. The summed E-state index contributed by atoms with van der Waals surface area (Å²) in [6, 6.07) is 8.39. The van der Waals surface area contributed by atoms with Crippen LogP contribution in [0.3, 0.4) is 0 Å². The summed E-state index contributed by atoms with van der Waals surface area (Å²) in [5, 5.41) is 14.2. The lowest BCUT2D eigenvalue weighted by atomic mass is 9.91. The molecule has 1 aliphatic rings. The summed E-state index contributed by atoms with van der Waals surface area (Å²) in [6.45, 7) is 2.87. The second kappa shape index (κ2) is 9.34. The number of likely N-dealkylation sites (tertiary alicyclic amines) is 1. The molecular weight excluding hydrogens is 404 g/mol. The largest absolute Gasteiger partial charge is 0.493 e. The number of halogens is 1. The van der Waals surface area contributed by atoms with Crippen molar-refractivity contribution in [1.82, 2.24) is 10.1 Å². The van der Waals surface area contributed by atoms with Crippen molar-refractivity contribution in [2.45, 2.75) is 25.2 Å². The van der Waals surface area contributed by atoms with Crippen LogP contribution in [0.5, 0.6) is 11.5 Å². The Balaban J connectivity index is 1.27. The van der Waals surface area contributed by atoms with Gasteiger partial charge in [0.25, 0.3) is 0 Å². The van der Waals surface area contributed by atoms with Gasteiger partial charge < -0.3 is 24.0 Å². The third-order valence-electron chi connectivity index (χ3n) is 5.61. The standard InChI is InChI=1S/C23H25FN2O5/c1-29-21-13-16(23(27)28)3-6-19(21)30-12-2-9-26-10-7-15(8-11-26)22-18-5-4-17(24)14-20(18)31-25-22/h3-6,13-15H,2,7-12H2,1H3,(H,27,28)/i1+1D3. The number of benzene rings is 2. The topological polar surface area (TPSA) is 85.0 Å². The molecular formula is C23H25FN2O5. The molecule has 3 aromatic rings. The number of methoxy groups -OCH3 is 1. The van der Waals surface area contributed by atoms with Crippen molar-refractivity contribution in [1.29, 1.82) is 0 Å². The summed E-state index contributed by atoms with van der Waals surface area (Å²) in [4.78, 5) is 13.5. The summed E-state index contributed by atoms with van der Waals surface area (Å²) >= 11 is 0. The van der Waals surface area contributed by atoms with Crippen LogP contribution in [0.1, 0.15) is 45.3 Å². The van der Waals surface area contributed by atoms with Crippen LogP contribution in [0.15, 0.2) is 40.9 Å². The monoisotopic (exact) mass is 432 g/mol. The van der Waals surface area contributed by atoms with E-state index in [2.05, 4.69) is 10.1 Å². The first-order valence-electron chi connectivity index (χ1n) is 11.7. The van der Waals surface area contributed by atoms with Crippen molar-refractivity contribution < 1.29 is 32.4 Å². The maximum Gasteiger partial charge on any atom is 0.335 e. The smallest absolute Gasteiger partial charge is 0.335 e. The normalized spacial score (nSPS) is 17.1. The highest BCUT2D eigenvalue weighted by atomic mass is 19.1. The fourth-order valence-electron chi connectivity index (χ4n) is 3.97. The molecule has 0 saturated carbocycles. The SMILES string of the molecule is [2H][13C]([2H])([2H])Oc1cc(C(=O)O)ccc1OCCCN1CCC(c2noc3cc(F)ccc23)CC1. The Bertz CT molecular complexity index is 1160. The molecule has 4 rings (SSSR count). The summed E-state index contributed by atoms with van der Waals surface area (Å²) in [5.74, 6) is -1.21. The van der Waals surface area contributed by atoms with Crippen molar-refractivity contribution in [3.05, 3.63) is 53.5 Å². The highest BCUT2D eigenvalue weighted by Crippen LogP contribution is 2.33. The highest BCUT2D eigenvalue weighted by molar-refractivity contribution is 5.88. The summed E-state index contributed by atoms with van der Waals surface area (Å²) in [7, 11) is -2.72. The van der Waals surface area contributed by atoms with Crippen molar-refractivity contribution in [3.63, 3.8) is 0 Å². The number of hydrogen-bond acceptors (Lipinski definition) is 6. The minimum Gasteiger partial charge on any atom is -0.493 e. The molecule has 7 nitrogen and oxygen atoms in total. The first-order chi connectivity index (χ1) is 16.2. The second-order valence-electron chi connectivity index (χ2n) is 7.59. The fourth-order valence-corrected chi connectivity index (χ4v) is 3.97. The quantitative estimate of drug-likeness (QED) is 0.419. The average molecular weight is 432 g/mol. The van der Waals surface area contributed by atoms with E-state index < -0.39 is 13.0 Å². The Morgan fingerprint density at radius 1 is 1.29 bits per heavy atom. The van der Waals surface area contributed by atoms with E-state index in [0.29, 0.717) is 18.6 Å². The van der Waals surface area contributed by atoms with E-state index in [9.17, 15) is 9.18 Å². The number of hydrogen-bond donors (Lipinski definition) is 1. The number of aromatic carboxylic acids is 1. The van der Waals surface area contributed by atoms with Crippen LogP contribution in [0.25, 0.3) is 11.0 Å². The van der Waals surface area contributed by atoms with Gasteiger partial charge >= 0.3 is 5.97 Å². The van der Waals surface area contributed by atoms with Crippen LogP contribution >= 0.6 is 0 Å². The van der Waals surface area contributed by atoms with E-state index >= 15 is 0 Å². The number of carbonyl (C=O) groups is 1. The number of ether oxygens (including phenoxy) is 2. The Morgan fingerprint density at radius 2 is 2.13 bits per heavy atom. The molecule has 1 saturated heterocycles. The zero-order valence-electron chi connectivity index (χ0n) is 19.8. The maximum absolute atomic E-state index is 13.4. The Labute approximate surface area is 183 Å². The Hall–Kier alpha value is -3.13. The van der Waals surface area contributed by atoms with Crippen LogP contribution in [-0.4, -0.2) is 54.4 Å². The fraction of sp³-hybridized carbons (Fsp3) is 0.391. The molecule has 31 heavy (non-hydrogen) atoms. The Kier molecular flexibility index (Phi) is 5.29. The van der Waals surface area contributed by atoms with Crippen LogP contribution in [-0.2, 0) is 0 Å². The lowest BCUT2D eigenvalue weighted by Gasteiger charge is -2.31. The van der Waals surface area contributed by atoms with Crippen LogP contribution < -0.4 is 9.47 Å². The zero-order chi connectivity index (χ0) is 24.3. The number of rotatable bonds is 8. The van der Waals surface area contributed by atoms with Gasteiger partial charge in [-0.25, -0.2) is 9.18 Å². The molecule has 2 heterocycles. The number of piperidine rings is 1. The van der Waals surface area contributed by atoms with Gasteiger partial charge in [0.2, 0.25) is 0 Å². The van der Waals surface area contributed by atoms with Crippen molar-refractivity contribution in [2.24, 2.45) is 0 Å². The van der Waals surface area contributed by atoms with Gasteiger partial charge in [-0.05, 0) is 62.7 Å². The molecule has 164 valence electrons. The molecule has 8 heteroatoms. The average Bonchev–Trinajstić information content (AvgIpc) is 3.19. The molecule has 1 aliphatic heterocycles. The van der Waals surface area contributed by atoms with Crippen LogP contribution in [0.2, 0.25) is 0 Å². The predicted molar refractivity (Wildman–Crippen MR) is 112 cm³/mol.